The van der Waals surface area contributed by atoms with E-state index in [0.29, 0.717) is 12.4 Å². The lowest BCUT2D eigenvalue weighted by Crippen LogP contribution is -1.99. The molecule has 4 nitrogen and oxygen atoms in total. The van der Waals surface area contributed by atoms with Crippen LogP contribution in [0.4, 0.5) is 5.82 Å². The molecule has 2 rings (SSSR count). The predicted molar refractivity (Wildman–Crippen MR) is 66.6 cm³/mol. The molecule has 0 aliphatic rings. The molecule has 0 radical (unpaired) electrons. The number of nitrogen functional groups attached to an aromatic ring is 1. The molecule has 16 heavy (non-hydrogen) atoms. The molecule has 0 atom stereocenters. The van der Waals surface area contributed by atoms with Crippen LogP contribution in [-0.4, -0.2) is 29.4 Å². The summed E-state index contributed by atoms with van der Waals surface area (Å²) in [5.41, 5.74) is 7.54. The molecule has 1 aromatic carbocycles. The molecule has 84 valence electrons. The maximum Gasteiger partial charge on any atom is 0.156 e. The quantitative estimate of drug-likeness (QED) is 0.648. The van der Waals surface area contributed by atoms with Gasteiger partial charge in [0.1, 0.15) is 5.03 Å². The zero-order valence-electron chi connectivity index (χ0n) is 9.01. The van der Waals surface area contributed by atoms with Crippen molar-refractivity contribution in [1.29, 1.82) is 0 Å². The SMILES string of the molecule is COCCSc1nc2ccccc2nc1N. The lowest BCUT2D eigenvalue weighted by atomic mass is 10.3. The number of hydrogen-bond acceptors (Lipinski definition) is 5. The summed E-state index contributed by atoms with van der Waals surface area (Å²) < 4.78 is 4.98. The molecule has 1 aromatic heterocycles. The van der Waals surface area contributed by atoms with Crippen LogP contribution in [0.5, 0.6) is 0 Å². The average molecular weight is 235 g/mol. The third-order valence-electron chi connectivity index (χ3n) is 2.09. The highest BCUT2D eigenvalue weighted by Gasteiger charge is 2.05. The van der Waals surface area contributed by atoms with Gasteiger partial charge in [-0.05, 0) is 12.1 Å². The van der Waals surface area contributed by atoms with Crippen molar-refractivity contribution in [3.8, 4) is 0 Å². The highest BCUT2D eigenvalue weighted by molar-refractivity contribution is 7.99. The maximum atomic E-state index is 5.83. The summed E-state index contributed by atoms with van der Waals surface area (Å²) in [7, 11) is 1.68. The summed E-state index contributed by atoms with van der Waals surface area (Å²) >= 11 is 1.56. The number of para-hydroxylation sites is 2. The molecule has 0 saturated heterocycles. The van der Waals surface area contributed by atoms with Gasteiger partial charge >= 0.3 is 0 Å². The first-order chi connectivity index (χ1) is 7.81. The van der Waals surface area contributed by atoms with E-state index in [2.05, 4.69) is 9.97 Å². The van der Waals surface area contributed by atoms with Crippen molar-refractivity contribution >= 4 is 28.6 Å². The molecule has 0 spiro atoms. The lowest BCUT2D eigenvalue weighted by Gasteiger charge is -2.05. The summed E-state index contributed by atoms with van der Waals surface area (Å²) in [6.45, 7) is 0.679. The second-order valence-corrected chi connectivity index (χ2v) is 4.33. The topological polar surface area (TPSA) is 61.0 Å². The number of nitrogens with two attached hydrogens (primary N) is 1. The summed E-state index contributed by atoms with van der Waals surface area (Å²) in [6.07, 6.45) is 0. The van der Waals surface area contributed by atoms with Crippen LogP contribution in [-0.2, 0) is 4.74 Å². The Morgan fingerprint density at radius 2 is 1.94 bits per heavy atom. The second-order valence-electron chi connectivity index (χ2n) is 3.24. The molecular weight excluding hydrogens is 222 g/mol. The van der Waals surface area contributed by atoms with Crippen molar-refractivity contribution < 1.29 is 4.74 Å². The number of fused-ring (bicyclic) bond motifs is 1. The van der Waals surface area contributed by atoms with Gasteiger partial charge in [0.15, 0.2) is 5.82 Å². The Balaban J connectivity index is 2.27. The fraction of sp³-hybridized carbons (Fsp3) is 0.273. The van der Waals surface area contributed by atoms with Crippen LogP contribution in [0.15, 0.2) is 29.3 Å². The molecule has 0 bridgehead atoms. The minimum atomic E-state index is 0.486. The van der Waals surface area contributed by atoms with Crippen LogP contribution in [0.1, 0.15) is 0 Å². The molecule has 0 saturated carbocycles. The number of methoxy groups -OCH3 is 1. The number of anilines is 1. The fourth-order valence-electron chi connectivity index (χ4n) is 1.33. The summed E-state index contributed by atoms with van der Waals surface area (Å²) in [4.78, 5) is 8.77. The first-order valence-corrected chi connectivity index (χ1v) is 5.94. The van der Waals surface area contributed by atoms with Crippen LogP contribution in [0.25, 0.3) is 11.0 Å². The minimum Gasteiger partial charge on any atom is -0.384 e. The van der Waals surface area contributed by atoms with Gasteiger partial charge in [-0.15, -0.1) is 11.8 Å². The Hall–Kier alpha value is -1.33. The Morgan fingerprint density at radius 3 is 2.62 bits per heavy atom. The highest BCUT2D eigenvalue weighted by Crippen LogP contribution is 2.23. The average Bonchev–Trinajstić information content (AvgIpc) is 2.30. The molecular formula is C11H13N3OS. The summed E-state index contributed by atoms with van der Waals surface area (Å²) in [6, 6.07) is 7.70. The number of rotatable bonds is 4. The molecule has 0 fully saturated rings. The number of hydrogen-bond donors (Lipinski definition) is 1. The zero-order valence-corrected chi connectivity index (χ0v) is 9.83. The van der Waals surface area contributed by atoms with Crippen LogP contribution >= 0.6 is 11.8 Å². The van der Waals surface area contributed by atoms with Gasteiger partial charge in [-0.3, -0.25) is 0 Å². The van der Waals surface area contributed by atoms with Crippen LogP contribution < -0.4 is 5.73 Å². The van der Waals surface area contributed by atoms with Gasteiger partial charge in [0.2, 0.25) is 0 Å². The number of aromatic nitrogens is 2. The molecule has 1 heterocycles. The Labute approximate surface area is 98.2 Å². The van der Waals surface area contributed by atoms with Crippen LogP contribution in [0.2, 0.25) is 0 Å². The van der Waals surface area contributed by atoms with Gasteiger partial charge in [0.25, 0.3) is 0 Å². The Bertz CT molecular complexity index is 490. The van der Waals surface area contributed by atoms with Crippen LogP contribution in [0, 0.1) is 0 Å². The van der Waals surface area contributed by atoms with E-state index >= 15 is 0 Å². The molecule has 0 aliphatic heterocycles. The second kappa shape index (κ2) is 5.14. The monoisotopic (exact) mass is 235 g/mol. The zero-order chi connectivity index (χ0) is 11.4. The molecule has 2 N–H and O–H groups in total. The van der Waals surface area contributed by atoms with Gasteiger partial charge in [-0.1, -0.05) is 12.1 Å². The Morgan fingerprint density at radius 1 is 1.25 bits per heavy atom. The summed E-state index contributed by atoms with van der Waals surface area (Å²) in [5, 5.41) is 0.774. The normalized spacial score (nSPS) is 10.8. The maximum absolute atomic E-state index is 5.83. The van der Waals surface area contributed by atoms with Crippen molar-refractivity contribution in [3.05, 3.63) is 24.3 Å². The standard InChI is InChI=1S/C11H13N3OS/c1-15-6-7-16-11-10(12)13-8-4-2-3-5-9(8)14-11/h2-5H,6-7H2,1H3,(H2,12,13). The Kier molecular flexibility index (Phi) is 3.58. The van der Waals surface area contributed by atoms with E-state index in [9.17, 15) is 0 Å². The van der Waals surface area contributed by atoms with Crippen molar-refractivity contribution in [2.24, 2.45) is 0 Å². The van der Waals surface area contributed by atoms with E-state index < -0.39 is 0 Å². The third kappa shape index (κ3) is 2.43. The number of ether oxygens (including phenoxy) is 1. The van der Waals surface area contributed by atoms with E-state index in [4.69, 9.17) is 10.5 Å². The molecule has 5 heteroatoms. The predicted octanol–water partition coefficient (Wildman–Crippen LogP) is 1.95. The number of benzene rings is 1. The van der Waals surface area contributed by atoms with Crippen molar-refractivity contribution in [2.45, 2.75) is 5.03 Å². The first-order valence-electron chi connectivity index (χ1n) is 4.95. The number of nitrogens with zero attached hydrogens (tertiary/aromatic N) is 2. The van der Waals surface area contributed by atoms with Gasteiger partial charge in [0.05, 0.1) is 17.6 Å². The fourth-order valence-corrected chi connectivity index (χ4v) is 2.13. The van der Waals surface area contributed by atoms with E-state index in [-0.39, 0.29) is 0 Å². The molecule has 0 amide bonds. The van der Waals surface area contributed by atoms with E-state index in [1.165, 1.54) is 0 Å². The van der Waals surface area contributed by atoms with Crippen molar-refractivity contribution in [1.82, 2.24) is 9.97 Å². The van der Waals surface area contributed by atoms with E-state index in [1.807, 2.05) is 24.3 Å². The number of thioether (sulfide) groups is 1. The first kappa shape index (κ1) is 11.2. The van der Waals surface area contributed by atoms with E-state index in [1.54, 1.807) is 18.9 Å². The molecule has 0 unspecified atom stereocenters. The van der Waals surface area contributed by atoms with Crippen molar-refractivity contribution in [3.63, 3.8) is 0 Å². The van der Waals surface area contributed by atoms with Gasteiger partial charge in [-0.25, -0.2) is 9.97 Å². The molecule has 0 aliphatic carbocycles. The summed E-state index contributed by atoms with van der Waals surface area (Å²) in [5.74, 6) is 1.31. The van der Waals surface area contributed by atoms with Crippen LogP contribution in [0.3, 0.4) is 0 Å². The third-order valence-corrected chi connectivity index (χ3v) is 3.03. The van der Waals surface area contributed by atoms with Gasteiger partial charge in [-0.2, -0.15) is 0 Å². The molecule has 2 aromatic rings. The van der Waals surface area contributed by atoms with Gasteiger partial charge < -0.3 is 10.5 Å². The van der Waals surface area contributed by atoms with Crippen molar-refractivity contribution in [2.75, 3.05) is 25.2 Å². The minimum absolute atomic E-state index is 0.486. The highest BCUT2D eigenvalue weighted by atomic mass is 32.2. The smallest absolute Gasteiger partial charge is 0.156 e. The lowest BCUT2D eigenvalue weighted by molar-refractivity contribution is 0.218. The largest absolute Gasteiger partial charge is 0.384 e. The van der Waals surface area contributed by atoms with Gasteiger partial charge in [0, 0.05) is 12.9 Å². The van der Waals surface area contributed by atoms with E-state index in [0.717, 1.165) is 21.8 Å².